The lowest BCUT2D eigenvalue weighted by Gasteiger charge is -2.13. The fourth-order valence-electron chi connectivity index (χ4n) is 1.21. The Labute approximate surface area is 97.1 Å². The smallest absolute Gasteiger partial charge is 0.137 e. The zero-order chi connectivity index (χ0) is 11.3. The van der Waals surface area contributed by atoms with Crippen LogP contribution in [0.5, 0.6) is 0 Å². The van der Waals surface area contributed by atoms with Crippen LogP contribution in [-0.2, 0) is 0 Å². The minimum atomic E-state index is -0.294. The predicted molar refractivity (Wildman–Crippen MR) is 62.2 cm³/mol. The largest absolute Gasteiger partial charge is 0.271 e. The topological polar surface area (TPSA) is 38.0 Å². The fourth-order valence-corrected chi connectivity index (χ4v) is 1.45. The summed E-state index contributed by atoms with van der Waals surface area (Å²) >= 11 is 3.10. The lowest BCUT2D eigenvalue weighted by Crippen LogP contribution is -2.27. The molecule has 4 heteroatoms. The second-order valence-corrected chi connectivity index (χ2v) is 3.88. The predicted octanol–water partition coefficient (Wildman–Crippen LogP) is 2.51. The molecule has 0 bridgehead atoms. The lowest BCUT2D eigenvalue weighted by molar-refractivity contribution is 0.557. The highest BCUT2D eigenvalue weighted by Crippen LogP contribution is 2.21. The van der Waals surface area contributed by atoms with Crippen molar-refractivity contribution in [1.29, 1.82) is 0 Å². The number of hydrogen-bond acceptors (Lipinski definition) is 2. The summed E-state index contributed by atoms with van der Waals surface area (Å²) < 4.78 is 13.7. The maximum atomic E-state index is 13.2. The minimum absolute atomic E-state index is 0.139. The van der Waals surface area contributed by atoms with E-state index in [0.717, 1.165) is 5.56 Å². The number of nitrogens with one attached hydrogen (secondary N) is 1. The van der Waals surface area contributed by atoms with E-state index in [0.29, 0.717) is 10.9 Å². The molecule has 0 fully saturated rings. The van der Waals surface area contributed by atoms with E-state index in [4.69, 9.17) is 5.84 Å². The normalized spacial score (nSPS) is 11.7. The summed E-state index contributed by atoms with van der Waals surface area (Å²) in [6.45, 7) is 1.76. The van der Waals surface area contributed by atoms with E-state index >= 15 is 0 Å². The van der Waals surface area contributed by atoms with Crippen LogP contribution >= 0.6 is 15.9 Å². The van der Waals surface area contributed by atoms with Crippen LogP contribution < -0.4 is 11.3 Å². The highest BCUT2D eigenvalue weighted by atomic mass is 79.9. The van der Waals surface area contributed by atoms with Crippen LogP contribution in [0.3, 0.4) is 0 Å². The first kappa shape index (κ1) is 12.2. The quantitative estimate of drug-likeness (QED) is 0.503. The van der Waals surface area contributed by atoms with E-state index in [1.165, 1.54) is 6.07 Å². The molecule has 2 nitrogen and oxygen atoms in total. The van der Waals surface area contributed by atoms with Gasteiger partial charge in [-0.05, 0) is 40.5 Å². The molecule has 0 saturated carbocycles. The van der Waals surface area contributed by atoms with E-state index in [-0.39, 0.29) is 11.9 Å². The van der Waals surface area contributed by atoms with Gasteiger partial charge in [0, 0.05) is 6.42 Å². The van der Waals surface area contributed by atoms with Gasteiger partial charge < -0.3 is 0 Å². The molecule has 0 aromatic heterocycles. The molecule has 1 rings (SSSR count). The molecule has 0 amide bonds. The molecule has 0 radical (unpaired) electrons. The Hall–Kier alpha value is -0.890. The summed E-state index contributed by atoms with van der Waals surface area (Å²) in [6, 6.07) is 4.79. The molecular weight excluding hydrogens is 259 g/mol. The number of nitrogens with two attached hydrogens (primary N) is 1. The van der Waals surface area contributed by atoms with Gasteiger partial charge in [0.1, 0.15) is 5.82 Å². The van der Waals surface area contributed by atoms with E-state index in [9.17, 15) is 4.39 Å². The third-order valence-corrected chi connectivity index (χ3v) is 2.67. The summed E-state index contributed by atoms with van der Waals surface area (Å²) in [7, 11) is 0. The van der Waals surface area contributed by atoms with Crippen molar-refractivity contribution in [2.75, 3.05) is 0 Å². The van der Waals surface area contributed by atoms with Crippen molar-refractivity contribution >= 4 is 15.9 Å². The average molecular weight is 271 g/mol. The molecule has 0 spiro atoms. The Bertz CT molecular complexity index is 395. The molecule has 0 aliphatic heterocycles. The summed E-state index contributed by atoms with van der Waals surface area (Å²) in [5.41, 5.74) is 3.41. The van der Waals surface area contributed by atoms with Crippen molar-refractivity contribution in [3.05, 3.63) is 34.1 Å². The van der Waals surface area contributed by atoms with Crippen molar-refractivity contribution in [3.63, 3.8) is 0 Å². The lowest BCUT2D eigenvalue weighted by atomic mass is 10.0. The van der Waals surface area contributed by atoms with Crippen molar-refractivity contribution < 1.29 is 4.39 Å². The van der Waals surface area contributed by atoms with Crippen LogP contribution in [-0.4, -0.2) is 0 Å². The van der Waals surface area contributed by atoms with Crippen LogP contribution in [0.2, 0.25) is 0 Å². The second kappa shape index (κ2) is 5.86. The molecular formula is C11H12BrFN2. The van der Waals surface area contributed by atoms with Gasteiger partial charge in [0.25, 0.3) is 0 Å². The van der Waals surface area contributed by atoms with E-state index in [1.807, 2.05) is 6.07 Å². The summed E-state index contributed by atoms with van der Waals surface area (Å²) in [5, 5.41) is 0. The second-order valence-electron chi connectivity index (χ2n) is 3.02. The van der Waals surface area contributed by atoms with Crippen molar-refractivity contribution in [3.8, 4) is 11.8 Å². The Morgan fingerprint density at radius 1 is 1.60 bits per heavy atom. The van der Waals surface area contributed by atoms with Crippen LogP contribution in [0.4, 0.5) is 4.39 Å². The third-order valence-electron chi connectivity index (χ3n) is 2.03. The summed E-state index contributed by atoms with van der Waals surface area (Å²) in [6.07, 6.45) is 0.564. The molecule has 0 heterocycles. The van der Waals surface area contributed by atoms with Gasteiger partial charge in [-0.3, -0.25) is 11.3 Å². The highest BCUT2D eigenvalue weighted by molar-refractivity contribution is 9.10. The van der Waals surface area contributed by atoms with Gasteiger partial charge in [-0.25, -0.2) is 4.39 Å². The molecule has 15 heavy (non-hydrogen) atoms. The third kappa shape index (κ3) is 3.31. The van der Waals surface area contributed by atoms with Gasteiger partial charge >= 0.3 is 0 Å². The van der Waals surface area contributed by atoms with Crippen LogP contribution in [0, 0.1) is 17.7 Å². The van der Waals surface area contributed by atoms with Gasteiger partial charge in [0.15, 0.2) is 0 Å². The first-order valence-corrected chi connectivity index (χ1v) is 5.29. The number of rotatable bonds is 3. The maximum absolute atomic E-state index is 13.2. The number of hydrazine groups is 1. The number of hydrogen-bond donors (Lipinski definition) is 2. The van der Waals surface area contributed by atoms with Crippen molar-refractivity contribution in [2.24, 2.45) is 5.84 Å². The summed E-state index contributed by atoms with van der Waals surface area (Å²) in [5.74, 6) is 10.8. The molecule has 3 N–H and O–H groups in total. The molecule has 1 unspecified atom stereocenters. The standard InChI is InChI=1S/C11H12BrFN2/c1-2-3-4-11(15-14)8-5-6-9(12)10(13)7-8/h5-7,11,15H,4,14H2,1H3. The van der Waals surface area contributed by atoms with E-state index in [1.54, 1.807) is 13.0 Å². The monoisotopic (exact) mass is 270 g/mol. The van der Waals surface area contributed by atoms with Crippen molar-refractivity contribution in [2.45, 2.75) is 19.4 Å². The van der Waals surface area contributed by atoms with Crippen LogP contribution in [0.1, 0.15) is 24.9 Å². The van der Waals surface area contributed by atoms with Gasteiger partial charge in [0.05, 0.1) is 10.5 Å². The van der Waals surface area contributed by atoms with Crippen LogP contribution in [0.15, 0.2) is 22.7 Å². The molecule has 0 aliphatic carbocycles. The van der Waals surface area contributed by atoms with E-state index < -0.39 is 0 Å². The molecule has 1 atom stereocenters. The van der Waals surface area contributed by atoms with Crippen molar-refractivity contribution in [1.82, 2.24) is 5.43 Å². The highest BCUT2D eigenvalue weighted by Gasteiger charge is 2.10. The first-order valence-electron chi connectivity index (χ1n) is 4.49. The molecule has 0 saturated heterocycles. The Morgan fingerprint density at radius 2 is 2.33 bits per heavy atom. The zero-order valence-corrected chi connectivity index (χ0v) is 9.94. The van der Waals surface area contributed by atoms with E-state index in [2.05, 4.69) is 33.2 Å². The zero-order valence-electron chi connectivity index (χ0n) is 8.35. The minimum Gasteiger partial charge on any atom is -0.271 e. The fraction of sp³-hybridized carbons (Fsp3) is 0.273. The Kier molecular flexibility index (Phi) is 4.76. The maximum Gasteiger partial charge on any atom is 0.137 e. The van der Waals surface area contributed by atoms with Gasteiger partial charge in [-0.2, -0.15) is 0 Å². The first-order chi connectivity index (χ1) is 7.19. The number of halogens is 2. The van der Waals surface area contributed by atoms with Gasteiger partial charge in [-0.1, -0.05) is 6.07 Å². The van der Waals surface area contributed by atoms with Gasteiger partial charge in [-0.15, -0.1) is 11.8 Å². The Balaban J connectivity index is 2.90. The number of benzene rings is 1. The molecule has 80 valence electrons. The molecule has 0 aliphatic rings. The summed E-state index contributed by atoms with van der Waals surface area (Å²) in [4.78, 5) is 0. The van der Waals surface area contributed by atoms with Gasteiger partial charge in [0.2, 0.25) is 0 Å². The molecule has 1 aromatic rings. The molecule has 1 aromatic carbocycles. The SMILES string of the molecule is CC#CCC(NN)c1ccc(Br)c(F)c1. The van der Waals surface area contributed by atoms with Crippen LogP contribution in [0.25, 0.3) is 0 Å². The Morgan fingerprint density at radius 3 is 2.87 bits per heavy atom. The average Bonchev–Trinajstić information content (AvgIpc) is 2.24.